The van der Waals surface area contributed by atoms with Crippen LogP contribution in [0.1, 0.15) is 40.5 Å². The molecule has 0 aromatic rings. The summed E-state index contributed by atoms with van der Waals surface area (Å²) in [5.74, 6) is -1.78. The molecule has 2 saturated carbocycles. The summed E-state index contributed by atoms with van der Waals surface area (Å²) < 4.78 is 42.1. The second-order valence-corrected chi connectivity index (χ2v) is 13.5. The SMILES string of the molecule is CO[C@@H]1O[C@@]2(CC(=O)C2(Cl)Cl)[C@@H]2OC(C)(C)OC12.CO[C@@H]1O[C@@]2(CC(O)C2(Cl)Cl)[C@@H]2OC(C)(C)OC12. The molecule has 0 amide bonds. The van der Waals surface area contributed by atoms with Gasteiger partial charge in [0.25, 0.3) is 0 Å². The molecule has 0 bridgehead atoms. The fourth-order valence-electron chi connectivity index (χ4n) is 5.86. The maximum absolute atomic E-state index is 11.6. The largest absolute Gasteiger partial charge is 0.390 e. The minimum Gasteiger partial charge on any atom is -0.390 e. The summed E-state index contributed by atoms with van der Waals surface area (Å²) in [6.07, 6.45) is -3.45. The van der Waals surface area contributed by atoms with Crippen LogP contribution in [0.4, 0.5) is 0 Å². The lowest BCUT2D eigenvalue weighted by atomic mass is 9.72. The summed E-state index contributed by atoms with van der Waals surface area (Å²) in [5, 5.41) is 9.73. The highest BCUT2D eigenvalue weighted by Gasteiger charge is 2.79. The summed E-state index contributed by atoms with van der Waals surface area (Å²) >= 11 is 24.6. The molecule has 0 radical (unpaired) electrons. The van der Waals surface area contributed by atoms with E-state index in [4.69, 9.17) is 84.3 Å². The molecule has 206 valence electrons. The topological polar surface area (TPSA) is 111 Å². The molecule has 1 N–H and O–H groups in total. The highest BCUT2D eigenvalue weighted by Crippen LogP contribution is 2.63. The molecule has 2 spiro atoms. The number of hydrogen-bond acceptors (Lipinski definition) is 10. The molecular formula is C22H30Cl4O10. The number of ketones is 1. The van der Waals surface area contributed by atoms with Gasteiger partial charge in [0.1, 0.15) is 35.6 Å². The monoisotopic (exact) mass is 594 g/mol. The first-order valence-corrected chi connectivity index (χ1v) is 13.1. The number of alkyl halides is 4. The third kappa shape index (κ3) is 3.68. The van der Waals surface area contributed by atoms with Gasteiger partial charge in [0, 0.05) is 27.1 Å². The number of methoxy groups -OCH3 is 2. The number of halogens is 4. The maximum atomic E-state index is 11.6. The summed E-state index contributed by atoms with van der Waals surface area (Å²) in [5.41, 5.74) is -2.05. The number of carbonyl (C=O) groups is 1. The minimum atomic E-state index is -1.60. The van der Waals surface area contributed by atoms with Crippen molar-refractivity contribution >= 4 is 52.2 Å². The van der Waals surface area contributed by atoms with Gasteiger partial charge in [-0.1, -0.05) is 46.4 Å². The van der Waals surface area contributed by atoms with Crippen LogP contribution in [0.15, 0.2) is 0 Å². The summed E-state index contributed by atoms with van der Waals surface area (Å²) in [6.45, 7) is 7.20. The Hall–Kier alpha value is 0.470. The lowest BCUT2D eigenvalue weighted by molar-refractivity contribution is -0.280. The van der Waals surface area contributed by atoms with E-state index in [9.17, 15) is 9.90 Å². The second-order valence-electron chi connectivity index (χ2n) is 10.8. The maximum Gasteiger partial charge on any atom is 0.207 e. The Balaban J connectivity index is 0.000000148. The normalized spacial score (nSPS) is 50.3. The number of carbonyl (C=O) groups excluding carboxylic acids is 1. The average molecular weight is 596 g/mol. The van der Waals surface area contributed by atoms with Crippen molar-refractivity contribution in [2.45, 2.75) is 115 Å². The van der Waals surface area contributed by atoms with Crippen LogP contribution in [0.3, 0.4) is 0 Å². The van der Waals surface area contributed by atoms with Crippen molar-refractivity contribution < 1.29 is 47.8 Å². The zero-order valence-electron chi connectivity index (χ0n) is 20.6. The van der Waals surface area contributed by atoms with Crippen LogP contribution >= 0.6 is 46.4 Å². The third-order valence-corrected chi connectivity index (χ3v) is 9.82. The molecular weight excluding hydrogens is 566 g/mol. The molecule has 4 saturated heterocycles. The Morgan fingerprint density at radius 2 is 1.22 bits per heavy atom. The van der Waals surface area contributed by atoms with E-state index in [1.54, 1.807) is 13.8 Å². The minimum absolute atomic E-state index is 0.112. The number of fused-ring (bicyclic) bond motifs is 4. The van der Waals surface area contributed by atoms with Gasteiger partial charge >= 0.3 is 0 Å². The standard InChI is InChI=1S/C11H16Cl2O5.C11H14Cl2O5/c2*1-9(2)16-6-7(17-9)10(18-8(6)15-3)4-5(14)11(10,12)13/h5-8,14H,4H2,1-3H3;6-8H,4H2,1-3H3/t5?,6?,7-,8-,10+;6?,7-,8-,10+/m11/s1. The van der Waals surface area contributed by atoms with Gasteiger partial charge < -0.3 is 43.0 Å². The fraction of sp³-hybridized carbons (Fsp3) is 0.955. The van der Waals surface area contributed by atoms with Crippen molar-refractivity contribution in [1.82, 2.24) is 0 Å². The van der Waals surface area contributed by atoms with Gasteiger partial charge in [-0.25, -0.2) is 0 Å². The predicted molar refractivity (Wildman–Crippen MR) is 126 cm³/mol. The van der Waals surface area contributed by atoms with Crippen LogP contribution in [0, 0.1) is 0 Å². The molecule has 0 aromatic heterocycles. The van der Waals surface area contributed by atoms with Crippen LogP contribution in [0.2, 0.25) is 0 Å². The van der Waals surface area contributed by atoms with Crippen molar-refractivity contribution in [2.24, 2.45) is 0 Å². The number of aliphatic hydroxyl groups is 1. The van der Waals surface area contributed by atoms with Crippen molar-refractivity contribution in [3.8, 4) is 0 Å². The van der Waals surface area contributed by atoms with Gasteiger partial charge in [0.05, 0.1) is 6.10 Å². The van der Waals surface area contributed by atoms with Crippen molar-refractivity contribution in [3.63, 3.8) is 0 Å². The average Bonchev–Trinajstić information content (AvgIpc) is 3.45. The van der Waals surface area contributed by atoms with E-state index < -0.39 is 74.5 Å². The number of aliphatic hydroxyl groups excluding tert-OH is 1. The summed E-state index contributed by atoms with van der Waals surface area (Å²) in [7, 11) is 3.02. The van der Waals surface area contributed by atoms with Crippen molar-refractivity contribution in [3.05, 3.63) is 0 Å². The Morgan fingerprint density at radius 1 is 0.778 bits per heavy atom. The van der Waals surface area contributed by atoms with E-state index in [1.165, 1.54) is 14.2 Å². The van der Waals surface area contributed by atoms with E-state index in [0.717, 1.165) is 0 Å². The molecule has 2 aliphatic carbocycles. The van der Waals surface area contributed by atoms with Crippen LogP contribution in [-0.2, 0) is 42.7 Å². The molecule has 14 heteroatoms. The molecule has 36 heavy (non-hydrogen) atoms. The smallest absolute Gasteiger partial charge is 0.207 e. The molecule has 3 unspecified atom stereocenters. The van der Waals surface area contributed by atoms with Crippen LogP contribution in [0.25, 0.3) is 0 Å². The van der Waals surface area contributed by atoms with Crippen LogP contribution in [-0.4, -0.2) is 99.7 Å². The lowest BCUT2D eigenvalue weighted by Crippen LogP contribution is -2.71. The predicted octanol–water partition coefficient (Wildman–Crippen LogP) is 2.58. The zero-order valence-corrected chi connectivity index (χ0v) is 23.6. The van der Waals surface area contributed by atoms with Gasteiger partial charge in [-0.3, -0.25) is 4.79 Å². The van der Waals surface area contributed by atoms with Crippen molar-refractivity contribution in [2.75, 3.05) is 14.2 Å². The first kappa shape index (κ1) is 28.0. The van der Waals surface area contributed by atoms with Crippen LogP contribution in [0.5, 0.6) is 0 Å². The Labute approximate surface area is 228 Å². The Morgan fingerprint density at radius 3 is 1.58 bits per heavy atom. The summed E-state index contributed by atoms with van der Waals surface area (Å²) in [4.78, 5) is 11.6. The quantitative estimate of drug-likeness (QED) is 0.478. The van der Waals surface area contributed by atoms with Crippen molar-refractivity contribution in [1.29, 1.82) is 0 Å². The van der Waals surface area contributed by atoms with Crippen LogP contribution < -0.4 is 0 Å². The number of rotatable bonds is 2. The Bertz CT molecular complexity index is 931. The molecule has 6 fully saturated rings. The van der Waals surface area contributed by atoms with E-state index >= 15 is 0 Å². The van der Waals surface area contributed by atoms with Gasteiger partial charge in [-0.2, -0.15) is 0 Å². The molecule has 6 rings (SSSR count). The number of Topliss-reactive ketones (excluding diaryl/α,β-unsaturated/α-hetero) is 1. The van der Waals surface area contributed by atoms with E-state index in [2.05, 4.69) is 0 Å². The molecule has 6 aliphatic rings. The second kappa shape index (κ2) is 8.49. The molecule has 9 atom stereocenters. The third-order valence-electron chi connectivity index (χ3n) is 7.62. The van der Waals surface area contributed by atoms with E-state index in [-0.39, 0.29) is 12.2 Å². The highest BCUT2D eigenvalue weighted by molar-refractivity contribution is 6.61. The summed E-state index contributed by atoms with van der Waals surface area (Å²) in [6, 6.07) is 0. The molecule has 10 nitrogen and oxygen atoms in total. The number of ether oxygens (including phenoxy) is 8. The molecule has 0 aromatic carbocycles. The first-order chi connectivity index (χ1) is 16.5. The van der Waals surface area contributed by atoms with Gasteiger partial charge in [-0.15, -0.1) is 0 Å². The fourth-order valence-corrected chi connectivity index (χ4v) is 7.05. The van der Waals surface area contributed by atoms with Gasteiger partial charge in [-0.05, 0) is 27.7 Å². The van der Waals surface area contributed by atoms with Gasteiger partial charge in [0.2, 0.25) is 4.33 Å². The zero-order chi connectivity index (χ0) is 26.7. The van der Waals surface area contributed by atoms with E-state index in [1.807, 2.05) is 13.8 Å². The molecule has 4 aliphatic heterocycles. The highest BCUT2D eigenvalue weighted by atomic mass is 35.5. The van der Waals surface area contributed by atoms with Gasteiger partial charge in [0.15, 0.2) is 34.3 Å². The Kier molecular flexibility index (Phi) is 6.60. The first-order valence-electron chi connectivity index (χ1n) is 11.6. The van der Waals surface area contributed by atoms with E-state index in [0.29, 0.717) is 6.42 Å². The number of hydrogen-bond donors (Lipinski definition) is 1. The lowest BCUT2D eigenvalue weighted by Gasteiger charge is -2.54. The molecule has 4 heterocycles.